The molecule has 21 heavy (non-hydrogen) atoms. The average molecular weight is 309 g/mol. The Morgan fingerprint density at radius 2 is 2.00 bits per heavy atom. The maximum Gasteiger partial charge on any atom is 0.364 e. The Hall–Kier alpha value is -1.30. The SMILES string of the molecule is CC(=O)N[C@H]1[C@@H]([C@@H](O)[C@@H](O)CO)O[C@@](O)(C(=O)O)C[C@H]1O. The highest BCUT2D eigenvalue weighted by atomic mass is 16.7. The van der Waals surface area contributed by atoms with E-state index in [0.29, 0.717) is 0 Å². The molecule has 0 radical (unpaired) electrons. The Kier molecular flexibility index (Phi) is 5.61. The van der Waals surface area contributed by atoms with Crippen LogP contribution in [0.4, 0.5) is 0 Å². The van der Waals surface area contributed by atoms with Crippen molar-refractivity contribution < 1.29 is 45.0 Å². The zero-order chi connectivity index (χ0) is 16.4. The Morgan fingerprint density at radius 1 is 1.43 bits per heavy atom. The minimum atomic E-state index is -2.78. The Labute approximate surface area is 119 Å². The Morgan fingerprint density at radius 3 is 2.43 bits per heavy atom. The van der Waals surface area contributed by atoms with Gasteiger partial charge in [-0.1, -0.05) is 0 Å². The summed E-state index contributed by atoms with van der Waals surface area (Å²) in [6, 6.07) is -1.27. The first kappa shape index (κ1) is 17.8. The van der Waals surface area contributed by atoms with Crippen LogP contribution in [0.2, 0.25) is 0 Å². The minimum absolute atomic E-state index is 0.598. The summed E-state index contributed by atoms with van der Waals surface area (Å²) in [5, 5.41) is 59.0. The van der Waals surface area contributed by atoms with Gasteiger partial charge in [-0.05, 0) is 0 Å². The van der Waals surface area contributed by atoms with E-state index in [4.69, 9.17) is 14.9 Å². The third kappa shape index (κ3) is 3.87. The molecule has 1 saturated heterocycles. The summed E-state index contributed by atoms with van der Waals surface area (Å²) in [4.78, 5) is 22.1. The second kappa shape index (κ2) is 6.64. The summed E-state index contributed by atoms with van der Waals surface area (Å²) in [5.41, 5.74) is 0. The van der Waals surface area contributed by atoms with Crippen molar-refractivity contribution in [2.24, 2.45) is 0 Å². The lowest BCUT2D eigenvalue weighted by molar-refractivity contribution is -0.295. The van der Waals surface area contributed by atoms with Crippen LogP contribution in [0.5, 0.6) is 0 Å². The van der Waals surface area contributed by atoms with E-state index in [-0.39, 0.29) is 0 Å². The van der Waals surface area contributed by atoms with Gasteiger partial charge in [0.05, 0.1) is 18.8 Å². The molecule has 1 aliphatic heterocycles. The summed E-state index contributed by atoms with van der Waals surface area (Å²) >= 11 is 0. The topological polar surface area (TPSA) is 177 Å². The van der Waals surface area contributed by atoms with Crippen LogP contribution in [-0.2, 0) is 14.3 Å². The van der Waals surface area contributed by atoms with Crippen molar-refractivity contribution in [3.05, 3.63) is 0 Å². The summed E-state index contributed by atoms with van der Waals surface area (Å²) < 4.78 is 4.86. The third-order valence-corrected chi connectivity index (χ3v) is 3.21. The van der Waals surface area contributed by atoms with Gasteiger partial charge < -0.3 is 40.7 Å². The molecule has 0 bridgehead atoms. The molecule has 1 rings (SSSR count). The molecule has 6 atom stereocenters. The average Bonchev–Trinajstić information content (AvgIpc) is 2.39. The van der Waals surface area contributed by atoms with Gasteiger partial charge in [-0.3, -0.25) is 4.79 Å². The fraction of sp³-hybridized carbons (Fsp3) is 0.818. The predicted molar refractivity (Wildman–Crippen MR) is 64.8 cm³/mol. The summed E-state index contributed by atoms with van der Waals surface area (Å²) in [7, 11) is 0. The quantitative estimate of drug-likeness (QED) is 0.268. The first-order chi connectivity index (χ1) is 9.62. The van der Waals surface area contributed by atoms with Gasteiger partial charge in [0, 0.05) is 13.3 Å². The Balaban J connectivity index is 3.07. The molecule has 1 amide bonds. The molecule has 0 aromatic heterocycles. The lowest BCUT2D eigenvalue weighted by Crippen LogP contribution is -2.67. The molecular formula is C11H19NO9. The lowest BCUT2D eigenvalue weighted by atomic mass is 9.88. The van der Waals surface area contributed by atoms with Gasteiger partial charge in [0.25, 0.3) is 5.79 Å². The summed E-state index contributed by atoms with van der Waals surface area (Å²) in [6.45, 7) is 0.256. The minimum Gasteiger partial charge on any atom is -0.477 e. The second-order valence-corrected chi connectivity index (χ2v) is 4.91. The van der Waals surface area contributed by atoms with E-state index >= 15 is 0 Å². The van der Waals surface area contributed by atoms with Crippen molar-refractivity contribution in [2.45, 2.75) is 49.6 Å². The molecule has 1 fully saturated rings. The maximum absolute atomic E-state index is 11.1. The molecule has 0 aromatic rings. The van der Waals surface area contributed by atoms with E-state index in [1.807, 2.05) is 0 Å². The van der Waals surface area contributed by atoms with Crippen LogP contribution >= 0.6 is 0 Å². The third-order valence-electron chi connectivity index (χ3n) is 3.21. The fourth-order valence-electron chi connectivity index (χ4n) is 2.14. The molecule has 0 aliphatic carbocycles. The van der Waals surface area contributed by atoms with Crippen LogP contribution in [0.25, 0.3) is 0 Å². The van der Waals surface area contributed by atoms with Gasteiger partial charge in [0.15, 0.2) is 0 Å². The molecule has 10 heteroatoms. The highest BCUT2D eigenvalue weighted by molar-refractivity contribution is 5.76. The van der Waals surface area contributed by atoms with Crippen LogP contribution < -0.4 is 5.32 Å². The van der Waals surface area contributed by atoms with Crippen molar-refractivity contribution in [2.75, 3.05) is 6.61 Å². The smallest absolute Gasteiger partial charge is 0.364 e. The van der Waals surface area contributed by atoms with Gasteiger partial charge in [-0.2, -0.15) is 0 Å². The van der Waals surface area contributed by atoms with Crippen molar-refractivity contribution in [3.8, 4) is 0 Å². The first-order valence-corrected chi connectivity index (χ1v) is 6.18. The van der Waals surface area contributed by atoms with Crippen LogP contribution in [0.15, 0.2) is 0 Å². The zero-order valence-electron chi connectivity index (χ0n) is 11.2. The van der Waals surface area contributed by atoms with E-state index in [1.165, 1.54) is 0 Å². The highest BCUT2D eigenvalue weighted by Crippen LogP contribution is 2.30. The van der Waals surface area contributed by atoms with Gasteiger partial charge >= 0.3 is 5.97 Å². The van der Waals surface area contributed by atoms with E-state index in [0.717, 1.165) is 6.92 Å². The first-order valence-electron chi connectivity index (χ1n) is 6.18. The molecule has 122 valence electrons. The van der Waals surface area contributed by atoms with E-state index in [2.05, 4.69) is 5.32 Å². The van der Waals surface area contributed by atoms with Gasteiger partial charge in [0.1, 0.15) is 18.3 Å². The summed E-state index contributed by atoms with van der Waals surface area (Å²) in [6.07, 6.45) is -7.48. The number of nitrogens with one attached hydrogen (secondary N) is 1. The van der Waals surface area contributed by atoms with Gasteiger partial charge in [0.2, 0.25) is 5.91 Å². The van der Waals surface area contributed by atoms with E-state index < -0.39 is 61.1 Å². The van der Waals surface area contributed by atoms with Crippen LogP contribution in [0.3, 0.4) is 0 Å². The number of aliphatic hydroxyl groups is 5. The molecule has 1 aliphatic rings. The number of carboxylic acid groups (broad SMARTS) is 1. The van der Waals surface area contributed by atoms with Crippen molar-refractivity contribution >= 4 is 11.9 Å². The van der Waals surface area contributed by atoms with Crippen molar-refractivity contribution in [3.63, 3.8) is 0 Å². The van der Waals surface area contributed by atoms with Crippen molar-refractivity contribution in [1.29, 1.82) is 0 Å². The van der Waals surface area contributed by atoms with Gasteiger partial charge in [-0.25, -0.2) is 4.79 Å². The van der Waals surface area contributed by atoms with Crippen LogP contribution in [-0.4, -0.2) is 85.4 Å². The van der Waals surface area contributed by atoms with Gasteiger partial charge in [-0.15, -0.1) is 0 Å². The maximum atomic E-state index is 11.1. The normalized spacial score (nSPS) is 35.8. The van der Waals surface area contributed by atoms with E-state index in [1.54, 1.807) is 0 Å². The fourth-order valence-corrected chi connectivity index (χ4v) is 2.14. The summed E-state index contributed by atoms with van der Waals surface area (Å²) in [5.74, 6) is -5.17. The number of aliphatic hydroxyl groups excluding tert-OH is 4. The number of carboxylic acids is 1. The van der Waals surface area contributed by atoms with Crippen LogP contribution in [0.1, 0.15) is 13.3 Å². The predicted octanol–water partition coefficient (Wildman–Crippen LogP) is -3.87. The monoisotopic (exact) mass is 309 g/mol. The number of carbonyl (C=O) groups excluding carboxylic acids is 1. The number of hydrogen-bond acceptors (Lipinski definition) is 8. The Bertz CT molecular complexity index is 403. The molecule has 1 heterocycles. The standard InChI is InChI=1S/C11H19NO9/c1-4(14)12-7-5(15)2-11(20,10(18)19)21-9(7)8(17)6(16)3-13/h5-9,13,15-17,20H,2-3H2,1H3,(H,12,14)(H,18,19)/t5-,6+,7-,8+,9+,11-/m1/s1. The number of hydrogen-bond donors (Lipinski definition) is 7. The number of rotatable bonds is 5. The number of amides is 1. The largest absolute Gasteiger partial charge is 0.477 e. The van der Waals surface area contributed by atoms with Crippen LogP contribution in [0, 0.1) is 0 Å². The zero-order valence-corrected chi connectivity index (χ0v) is 11.2. The lowest BCUT2D eigenvalue weighted by Gasteiger charge is -2.44. The second-order valence-electron chi connectivity index (χ2n) is 4.91. The molecule has 10 nitrogen and oxygen atoms in total. The molecule has 0 saturated carbocycles. The number of ether oxygens (including phenoxy) is 1. The van der Waals surface area contributed by atoms with E-state index in [9.17, 15) is 30.0 Å². The number of carbonyl (C=O) groups is 2. The number of aliphatic carboxylic acids is 1. The molecule has 0 aromatic carbocycles. The highest BCUT2D eigenvalue weighted by Gasteiger charge is 2.53. The molecule has 0 unspecified atom stereocenters. The molecular weight excluding hydrogens is 290 g/mol. The van der Waals surface area contributed by atoms with Crippen molar-refractivity contribution in [1.82, 2.24) is 5.32 Å². The molecule has 7 N–H and O–H groups in total. The molecule has 0 spiro atoms.